The third kappa shape index (κ3) is 3.24. The van der Waals surface area contributed by atoms with Gasteiger partial charge in [0.15, 0.2) is 0 Å². The molecular formula is C14H21BrN2O2S. The van der Waals surface area contributed by atoms with Crippen LogP contribution in [0.5, 0.6) is 0 Å². The predicted molar refractivity (Wildman–Crippen MR) is 84.0 cm³/mol. The second-order valence-corrected chi connectivity index (χ2v) is 8.02. The monoisotopic (exact) mass is 360 g/mol. The maximum atomic E-state index is 12.7. The first-order valence-corrected chi connectivity index (χ1v) is 9.17. The maximum Gasteiger partial charge on any atom is 0.244 e. The quantitative estimate of drug-likeness (QED) is 0.810. The molecule has 0 radical (unpaired) electrons. The summed E-state index contributed by atoms with van der Waals surface area (Å²) in [4.78, 5) is 2.61. The van der Waals surface area contributed by atoms with Gasteiger partial charge in [-0.1, -0.05) is 22.9 Å². The van der Waals surface area contributed by atoms with Crippen LogP contribution in [0, 0.1) is 0 Å². The molecule has 6 heteroatoms. The molecule has 1 fully saturated rings. The number of rotatable bonds is 5. The first-order chi connectivity index (χ1) is 9.46. The number of likely N-dealkylation sites (tertiary alicyclic amines) is 1. The Labute approximate surface area is 129 Å². The lowest BCUT2D eigenvalue weighted by Crippen LogP contribution is -2.47. The third-order valence-electron chi connectivity index (χ3n) is 3.84. The molecule has 1 aromatic rings. The highest BCUT2D eigenvalue weighted by Gasteiger charge is 2.31. The Kier molecular flexibility index (Phi) is 5.23. The molecular weight excluding hydrogens is 340 g/mol. The molecule has 1 unspecified atom stereocenters. The molecule has 112 valence electrons. The highest BCUT2D eigenvalue weighted by Crippen LogP contribution is 2.23. The molecule has 1 aliphatic heterocycles. The molecule has 1 saturated heterocycles. The van der Waals surface area contributed by atoms with Gasteiger partial charge in [-0.05, 0) is 56.6 Å². The van der Waals surface area contributed by atoms with E-state index in [0.29, 0.717) is 4.90 Å². The van der Waals surface area contributed by atoms with Gasteiger partial charge in [0, 0.05) is 11.5 Å². The van der Waals surface area contributed by atoms with E-state index in [1.165, 1.54) is 4.31 Å². The summed E-state index contributed by atoms with van der Waals surface area (Å²) in [7, 11) is -1.75. The highest BCUT2D eigenvalue weighted by atomic mass is 79.9. The van der Waals surface area contributed by atoms with Crippen molar-refractivity contribution in [2.75, 3.05) is 20.1 Å². The molecule has 0 amide bonds. The minimum absolute atomic E-state index is 0.0499. The Balaban J connectivity index is 2.24. The molecule has 0 aliphatic carbocycles. The van der Waals surface area contributed by atoms with Crippen molar-refractivity contribution in [3.8, 4) is 0 Å². The number of nitrogens with zero attached hydrogens (tertiary/aromatic N) is 2. The van der Waals surface area contributed by atoms with Crippen LogP contribution < -0.4 is 0 Å². The van der Waals surface area contributed by atoms with Gasteiger partial charge in [-0.25, -0.2) is 8.42 Å². The molecule has 1 aliphatic rings. The topological polar surface area (TPSA) is 40.6 Å². The van der Waals surface area contributed by atoms with Crippen LogP contribution in [0.3, 0.4) is 0 Å². The molecule has 1 heterocycles. The zero-order valence-electron chi connectivity index (χ0n) is 11.9. The molecule has 20 heavy (non-hydrogen) atoms. The zero-order valence-corrected chi connectivity index (χ0v) is 14.3. The fourth-order valence-corrected chi connectivity index (χ4v) is 4.40. The van der Waals surface area contributed by atoms with Crippen molar-refractivity contribution in [2.24, 2.45) is 0 Å². The molecule has 0 bridgehead atoms. The molecule has 0 spiro atoms. The first-order valence-electron chi connectivity index (χ1n) is 6.94. The van der Waals surface area contributed by atoms with E-state index >= 15 is 0 Å². The van der Waals surface area contributed by atoms with Crippen LogP contribution in [-0.2, 0) is 10.0 Å². The predicted octanol–water partition coefficient (Wildman–Crippen LogP) is 2.90. The minimum Gasteiger partial charge on any atom is -0.287 e. The van der Waals surface area contributed by atoms with Gasteiger partial charge in [-0.3, -0.25) is 4.90 Å². The van der Waals surface area contributed by atoms with Crippen LogP contribution in [0.1, 0.15) is 26.2 Å². The SMILES string of the molecule is CCC(N1CCCC1)N(C)S(=O)(=O)c1ccc(Br)cc1. The third-order valence-corrected chi connectivity index (χ3v) is 6.24. The minimum atomic E-state index is -3.43. The van der Waals surface area contributed by atoms with Crippen LogP contribution in [0.2, 0.25) is 0 Å². The second kappa shape index (κ2) is 6.56. The fraction of sp³-hybridized carbons (Fsp3) is 0.571. The lowest BCUT2D eigenvalue weighted by Gasteiger charge is -2.33. The summed E-state index contributed by atoms with van der Waals surface area (Å²) in [5, 5.41) is 0. The summed E-state index contributed by atoms with van der Waals surface area (Å²) in [5.41, 5.74) is 0. The standard InChI is InChI=1S/C14H21BrN2O2S/c1-3-14(17-10-4-5-11-17)16(2)20(18,19)13-8-6-12(15)7-9-13/h6-9,14H,3-5,10-11H2,1-2H3. The van der Waals surface area contributed by atoms with Gasteiger partial charge >= 0.3 is 0 Å². The van der Waals surface area contributed by atoms with E-state index in [9.17, 15) is 8.42 Å². The first kappa shape index (κ1) is 15.9. The molecule has 0 aromatic heterocycles. The summed E-state index contributed by atoms with van der Waals surface area (Å²) in [5.74, 6) is 0. The van der Waals surface area contributed by atoms with Gasteiger partial charge in [-0.2, -0.15) is 4.31 Å². The molecule has 2 rings (SSSR count). The Bertz CT molecular complexity index is 539. The van der Waals surface area contributed by atoms with Crippen molar-refractivity contribution in [2.45, 2.75) is 37.2 Å². The summed E-state index contributed by atoms with van der Waals surface area (Å²) in [6.07, 6.45) is 3.06. The van der Waals surface area contributed by atoms with E-state index in [1.807, 2.05) is 6.92 Å². The van der Waals surface area contributed by atoms with E-state index in [4.69, 9.17) is 0 Å². The van der Waals surface area contributed by atoms with E-state index < -0.39 is 10.0 Å². The van der Waals surface area contributed by atoms with Crippen molar-refractivity contribution in [1.29, 1.82) is 0 Å². The van der Waals surface area contributed by atoms with Crippen LogP contribution in [0.4, 0.5) is 0 Å². The average molecular weight is 361 g/mol. The van der Waals surface area contributed by atoms with Gasteiger partial charge in [0.25, 0.3) is 0 Å². The molecule has 1 atom stereocenters. The molecule has 1 aromatic carbocycles. The van der Waals surface area contributed by atoms with E-state index in [1.54, 1.807) is 31.3 Å². The number of benzene rings is 1. The molecule has 4 nitrogen and oxygen atoms in total. The van der Waals surface area contributed by atoms with Gasteiger partial charge in [-0.15, -0.1) is 0 Å². The number of halogens is 1. The van der Waals surface area contributed by atoms with Crippen molar-refractivity contribution in [3.05, 3.63) is 28.7 Å². The number of hydrogen-bond acceptors (Lipinski definition) is 3. The van der Waals surface area contributed by atoms with Crippen molar-refractivity contribution in [1.82, 2.24) is 9.21 Å². The maximum absolute atomic E-state index is 12.7. The van der Waals surface area contributed by atoms with E-state index in [-0.39, 0.29) is 6.17 Å². The number of sulfonamides is 1. The molecule has 0 saturated carbocycles. The normalized spacial score (nSPS) is 18.6. The van der Waals surface area contributed by atoms with Crippen LogP contribution in [0.25, 0.3) is 0 Å². The smallest absolute Gasteiger partial charge is 0.244 e. The summed E-state index contributed by atoms with van der Waals surface area (Å²) in [6.45, 7) is 4.01. The van der Waals surface area contributed by atoms with Gasteiger partial charge < -0.3 is 0 Å². The lowest BCUT2D eigenvalue weighted by atomic mass is 10.3. The second-order valence-electron chi connectivity index (χ2n) is 5.11. The fourth-order valence-electron chi connectivity index (χ4n) is 2.72. The Morgan fingerprint density at radius 2 is 1.80 bits per heavy atom. The van der Waals surface area contributed by atoms with Crippen LogP contribution >= 0.6 is 15.9 Å². The molecule has 0 N–H and O–H groups in total. The van der Waals surface area contributed by atoms with Crippen LogP contribution in [-0.4, -0.2) is 43.9 Å². The van der Waals surface area contributed by atoms with Crippen molar-refractivity contribution in [3.63, 3.8) is 0 Å². The van der Waals surface area contributed by atoms with Crippen LogP contribution in [0.15, 0.2) is 33.6 Å². The Hall–Kier alpha value is -0.430. The largest absolute Gasteiger partial charge is 0.287 e. The van der Waals surface area contributed by atoms with E-state index in [2.05, 4.69) is 20.8 Å². The van der Waals surface area contributed by atoms with Crippen molar-refractivity contribution >= 4 is 26.0 Å². The zero-order chi connectivity index (χ0) is 14.8. The van der Waals surface area contributed by atoms with Gasteiger partial charge in [0.2, 0.25) is 10.0 Å². The van der Waals surface area contributed by atoms with Crippen molar-refractivity contribution < 1.29 is 8.42 Å². The number of hydrogen-bond donors (Lipinski definition) is 0. The average Bonchev–Trinajstić information content (AvgIpc) is 2.94. The summed E-state index contributed by atoms with van der Waals surface area (Å²) >= 11 is 3.33. The Morgan fingerprint density at radius 3 is 2.30 bits per heavy atom. The highest BCUT2D eigenvalue weighted by molar-refractivity contribution is 9.10. The summed E-state index contributed by atoms with van der Waals surface area (Å²) in [6, 6.07) is 6.81. The van der Waals surface area contributed by atoms with E-state index in [0.717, 1.165) is 36.8 Å². The Morgan fingerprint density at radius 1 is 1.25 bits per heavy atom. The summed E-state index contributed by atoms with van der Waals surface area (Å²) < 4.78 is 27.8. The van der Waals surface area contributed by atoms with Gasteiger partial charge in [0.1, 0.15) is 0 Å². The lowest BCUT2D eigenvalue weighted by molar-refractivity contribution is 0.138. The van der Waals surface area contributed by atoms with Gasteiger partial charge in [0.05, 0.1) is 11.1 Å².